The second kappa shape index (κ2) is 17.2. The van der Waals surface area contributed by atoms with Crippen LogP contribution < -0.4 is 15.4 Å². The Morgan fingerprint density at radius 1 is 0.851 bits per heavy atom. The van der Waals surface area contributed by atoms with Crippen molar-refractivity contribution in [2.45, 2.75) is 90.6 Å². The van der Waals surface area contributed by atoms with Crippen molar-refractivity contribution in [3.63, 3.8) is 0 Å². The van der Waals surface area contributed by atoms with Gasteiger partial charge in [0.05, 0.1) is 18.1 Å². The Bertz CT molecular complexity index is 1560. The summed E-state index contributed by atoms with van der Waals surface area (Å²) < 4.78 is 5.89. The van der Waals surface area contributed by atoms with Crippen LogP contribution in [0.1, 0.15) is 86.8 Å². The van der Waals surface area contributed by atoms with Crippen molar-refractivity contribution in [1.82, 2.24) is 20.6 Å². The predicted octanol–water partition coefficient (Wildman–Crippen LogP) is 7.36. The number of nitrogens with zero attached hydrogens (tertiary/aromatic N) is 2. The molecule has 2 amide bonds. The van der Waals surface area contributed by atoms with Crippen LogP contribution in [0.3, 0.4) is 0 Å². The molecular formula is C38H48N4O4S. The summed E-state index contributed by atoms with van der Waals surface area (Å²) in [6.07, 6.45) is 9.97. The van der Waals surface area contributed by atoms with Crippen molar-refractivity contribution >= 4 is 23.2 Å². The molecule has 0 aliphatic carbocycles. The highest BCUT2D eigenvalue weighted by atomic mass is 32.1. The maximum Gasteiger partial charge on any atom is 0.262 e. The molecule has 0 fully saturated rings. The average molecular weight is 657 g/mol. The quantitative estimate of drug-likeness (QED) is 0.109. The first-order valence-corrected chi connectivity index (χ1v) is 17.4. The third-order valence-electron chi connectivity index (χ3n) is 7.86. The first-order valence-electron chi connectivity index (χ1n) is 16.5. The van der Waals surface area contributed by atoms with Crippen molar-refractivity contribution in [3.05, 3.63) is 88.4 Å². The van der Waals surface area contributed by atoms with Crippen molar-refractivity contribution in [3.8, 4) is 28.3 Å². The van der Waals surface area contributed by atoms with E-state index in [1.807, 2.05) is 67.0 Å². The van der Waals surface area contributed by atoms with Gasteiger partial charge in [-0.2, -0.15) is 0 Å². The highest BCUT2D eigenvalue weighted by molar-refractivity contribution is 7.14. The number of benzene rings is 2. The van der Waals surface area contributed by atoms with Gasteiger partial charge in [-0.05, 0) is 54.2 Å². The number of rotatable bonds is 16. The number of hydrogen-bond donors (Lipinski definition) is 3. The van der Waals surface area contributed by atoms with Gasteiger partial charge in [0.2, 0.25) is 5.91 Å². The van der Waals surface area contributed by atoms with E-state index in [-0.39, 0.29) is 30.3 Å². The molecule has 1 unspecified atom stereocenters. The van der Waals surface area contributed by atoms with Gasteiger partial charge in [0.1, 0.15) is 11.8 Å². The van der Waals surface area contributed by atoms with Gasteiger partial charge in [0, 0.05) is 40.9 Å². The average Bonchev–Trinajstić information content (AvgIpc) is 3.59. The maximum absolute atomic E-state index is 13.2. The van der Waals surface area contributed by atoms with Crippen LogP contribution in [0.4, 0.5) is 0 Å². The number of aliphatic hydroxyl groups excluding tert-OH is 1. The molecule has 2 atom stereocenters. The molecule has 3 N–H and O–H groups in total. The Morgan fingerprint density at radius 3 is 2.13 bits per heavy atom. The van der Waals surface area contributed by atoms with Crippen molar-refractivity contribution < 1.29 is 19.4 Å². The molecule has 0 saturated heterocycles. The van der Waals surface area contributed by atoms with Gasteiger partial charge >= 0.3 is 0 Å². The van der Waals surface area contributed by atoms with Gasteiger partial charge in [0.15, 0.2) is 5.82 Å². The molecule has 0 radical (unpaired) electrons. The molecule has 4 aromatic rings. The number of nitrogens with one attached hydrogen (secondary N) is 2. The lowest BCUT2D eigenvalue weighted by Crippen LogP contribution is -2.50. The molecule has 9 heteroatoms. The van der Waals surface area contributed by atoms with Crippen LogP contribution in [0.5, 0.6) is 5.75 Å². The summed E-state index contributed by atoms with van der Waals surface area (Å²) in [5.74, 6) is 0.810. The molecule has 250 valence electrons. The van der Waals surface area contributed by atoms with Crippen LogP contribution in [0.2, 0.25) is 0 Å². The number of aromatic nitrogens is 2. The molecule has 0 saturated carbocycles. The molecule has 0 aliphatic rings. The highest BCUT2D eigenvalue weighted by Gasteiger charge is 2.25. The van der Waals surface area contributed by atoms with E-state index < -0.39 is 12.1 Å². The third-order valence-corrected chi connectivity index (χ3v) is 9.37. The highest BCUT2D eigenvalue weighted by Crippen LogP contribution is 2.29. The van der Waals surface area contributed by atoms with Crippen LogP contribution >= 0.6 is 11.3 Å². The standard InChI is InChI=1S/C38H48N4O4S/c1-6-7-8-9-10-21-46-31-17-15-28(16-18-31)30-23-39-35(40-24-30)29-13-11-27(12-14-29)22-32(36(44)41-26(2)25-43)42-37(45)33-19-20-34(47-33)38(3,4)5/h11-20,23-24,26,32,43H,6-10,21-22,25H2,1-5H3,(H,41,44)(H,42,45)/t26?,32-/m0/s1. The zero-order valence-corrected chi connectivity index (χ0v) is 29.0. The van der Waals surface area contributed by atoms with E-state index in [4.69, 9.17) is 4.74 Å². The zero-order chi connectivity index (χ0) is 33.8. The Hall–Kier alpha value is -4.08. The summed E-state index contributed by atoms with van der Waals surface area (Å²) in [4.78, 5) is 37.1. The fraction of sp³-hybridized carbons (Fsp3) is 0.421. The third kappa shape index (κ3) is 10.7. The summed E-state index contributed by atoms with van der Waals surface area (Å²) in [5, 5.41) is 15.2. The van der Waals surface area contributed by atoms with Crippen LogP contribution in [0.25, 0.3) is 22.5 Å². The molecule has 8 nitrogen and oxygen atoms in total. The predicted molar refractivity (Wildman–Crippen MR) is 190 cm³/mol. The smallest absolute Gasteiger partial charge is 0.262 e. The van der Waals surface area contributed by atoms with Crippen LogP contribution in [-0.4, -0.2) is 52.2 Å². The Labute approximate surface area is 283 Å². The summed E-state index contributed by atoms with van der Waals surface area (Å²) in [6, 6.07) is 18.2. The number of hydrogen-bond acceptors (Lipinski definition) is 7. The number of carbonyl (C=O) groups is 2. The molecular weight excluding hydrogens is 609 g/mol. The minimum atomic E-state index is -0.819. The lowest BCUT2D eigenvalue weighted by atomic mass is 9.95. The van der Waals surface area contributed by atoms with Crippen molar-refractivity contribution in [2.24, 2.45) is 0 Å². The molecule has 2 aromatic carbocycles. The largest absolute Gasteiger partial charge is 0.494 e. The summed E-state index contributed by atoms with van der Waals surface area (Å²) in [6.45, 7) is 10.8. The Morgan fingerprint density at radius 2 is 1.51 bits per heavy atom. The van der Waals surface area contributed by atoms with Gasteiger partial charge in [-0.25, -0.2) is 9.97 Å². The van der Waals surface area contributed by atoms with E-state index in [1.165, 1.54) is 37.0 Å². The van der Waals surface area contributed by atoms with Gasteiger partial charge in [-0.15, -0.1) is 11.3 Å². The normalized spacial score (nSPS) is 12.7. The fourth-order valence-electron chi connectivity index (χ4n) is 4.98. The van der Waals surface area contributed by atoms with Gasteiger partial charge < -0.3 is 20.5 Å². The maximum atomic E-state index is 13.2. The summed E-state index contributed by atoms with van der Waals surface area (Å²) >= 11 is 1.43. The molecule has 0 bridgehead atoms. The minimum absolute atomic E-state index is 0.0734. The fourth-order valence-corrected chi connectivity index (χ4v) is 5.95. The number of thiophene rings is 1. The summed E-state index contributed by atoms with van der Waals surface area (Å²) in [7, 11) is 0. The monoisotopic (exact) mass is 656 g/mol. The SMILES string of the molecule is CCCCCCCOc1ccc(-c2cnc(-c3ccc(C[C@H](NC(=O)c4ccc(C(C)(C)C)s4)C(=O)NC(C)CO)cc3)nc2)cc1. The lowest BCUT2D eigenvalue weighted by molar-refractivity contribution is -0.123. The van der Waals surface area contributed by atoms with Crippen LogP contribution in [-0.2, 0) is 16.6 Å². The van der Waals surface area contributed by atoms with Crippen molar-refractivity contribution in [1.29, 1.82) is 0 Å². The van der Waals surface area contributed by atoms with E-state index >= 15 is 0 Å². The van der Waals surface area contributed by atoms with Gasteiger partial charge in [-0.3, -0.25) is 9.59 Å². The molecule has 2 aromatic heterocycles. The van der Waals surface area contributed by atoms with Gasteiger partial charge in [-0.1, -0.05) is 89.8 Å². The number of carbonyl (C=O) groups excluding carboxylic acids is 2. The number of ether oxygens (including phenoxy) is 1. The first-order chi connectivity index (χ1) is 22.6. The molecule has 2 heterocycles. The second-order valence-electron chi connectivity index (χ2n) is 13.0. The minimum Gasteiger partial charge on any atom is -0.494 e. The number of unbranched alkanes of at least 4 members (excludes halogenated alkanes) is 4. The second-order valence-corrected chi connectivity index (χ2v) is 14.1. The summed E-state index contributed by atoms with van der Waals surface area (Å²) in [5.41, 5.74) is 3.57. The van der Waals surface area contributed by atoms with Crippen molar-refractivity contribution in [2.75, 3.05) is 13.2 Å². The first kappa shape index (κ1) is 35.8. The van der Waals surface area contributed by atoms with E-state index in [0.29, 0.717) is 10.7 Å². The van der Waals surface area contributed by atoms with Crippen LogP contribution in [0, 0.1) is 0 Å². The van der Waals surface area contributed by atoms with E-state index in [1.54, 1.807) is 13.0 Å². The lowest BCUT2D eigenvalue weighted by Gasteiger charge is -2.21. The molecule has 47 heavy (non-hydrogen) atoms. The topological polar surface area (TPSA) is 113 Å². The van der Waals surface area contributed by atoms with E-state index in [2.05, 4.69) is 48.3 Å². The van der Waals surface area contributed by atoms with Crippen LogP contribution in [0.15, 0.2) is 73.1 Å². The number of amides is 2. The Balaban J connectivity index is 1.38. The zero-order valence-electron chi connectivity index (χ0n) is 28.2. The molecule has 0 aliphatic heterocycles. The Kier molecular flexibility index (Phi) is 13.1. The molecule has 4 rings (SSSR count). The number of aliphatic hydroxyl groups is 1. The van der Waals surface area contributed by atoms with E-state index in [9.17, 15) is 14.7 Å². The van der Waals surface area contributed by atoms with E-state index in [0.717, 1.165) is 45.9 Å². The molecule has 0 spiro atoms. The van der Waals surface area contributed by atoms with Gasteiger partial charge in [0.25, 0.3) is 5.91 Å².